The number of aliphatic hydroxyl groups is 1. The van der Waals surface area contributed by atoms with E-state index in [4.69, 9.17) is 16.3 Å². The van der Waals surface area contributed by atoms with Crippen molar-refractivity contribution >= 4 is 29.1 Å². The van der Waals surface area contributed by atoms with Crippen molar-refractivity contribution in [1.82, 2.24) is 9.97 Å². The smallest absolute Gasteiger partial charge is 0.433 e. The van der Waals surface area contributed by atoms with Gasteiger partial charge in [-0.15, -0.1) is 0 Å². The van der Waals surface area contributed by atoms with Gasteiger partial charge in [0, 0.05) is 11.1 Å². The summed E-state index contributed by atoms with van der Waals surface area (Å²) in [6, 6.07) is 4.97. The van der Waals surface area contributed by atoms with Crippen LogP contribution in [-0.4, -0.2) is 34.8 Å². The molecule has 148 valence electrons. The SMILES string of the molecule is COc1ccc(Cl)cc1Nc1cc(C(F)(F)F)nc(N[C@H](CO)C(C)C)n1. The van der Waals surface area contributed by atoms with Crippen molar-refractivity contribution < 1.29 is 23.0 Å². The minimum atomic E-state index is -4.67. The van der Waals surface area contributed by atoms with E-state index >= 15 is 0 Å². The number of anilines is 3. The maximum Gasteiger partial charge on any atom is 0.433 e. The first-order chi connectivity index (χ1) is 12.6. The second kappa shape index (κ2) is 8.62. The molecule has 1 heterocycles. The minimum Gasteiger partial charge on any atom is -0.495 e. The Morgan fingerprint density at radius 2 is 1.93 bits per heavy atom. The molecule has 0 amide bonds. The third-order valence-electron chi connectivity index (χ3n) is 3.76. The van der Waals surface area contributed by atoms with E-state index in [1.807, 2.05) is 13.8 Å². The van der Waals surface area contributed by atoms with Gasteiger partial charge in [-0.1, -0.05) is 25.4 Å². The first-order valence-electron chi connectivity index (χ1n) is 8.08. The molecule has 0 saturated heterocycles. The van der Waals surface area contributed by atoms with E-state index in [0.29, 0.717) is 16.5 Å². The lowest BCUT2D eigenvalue weighted by Crippen LogP contribution is -2.30. The van der Waals surface area contributed by atoms with Crippen LogP contribution in [0.5, 0.6) is 5.75 Å². The largest absolute Gasteiger partial charge is 0.495 e. The summed E-state index contributed by atoms with van der Waals surface area (Å²) in [5.41, 5.74) is -0.769. The Hall–Kier alpha value is -2.26. The van der Waals surface area contributed by atoms with Gasteiger partial charge in [-0.3, -0.25) is 0 Å². The van der Waals surface area contributed by atoms with Crippen LogP contribution in [0.1, 0.15) is 19.5 Å². The van der Waals surface area contributed by atoms with Crippen molar-refractivity contribution in [3.8, 4) is 5.75 Å². The molecule has 10 heteroatoms. The van der Waals surface area contributed by atoms with E-state index in [1.165, 1.54) is 13.2 Å². The molecule has 1 aromatic carbocycles. The molecule has 1 aromatic heterocycles. The van der Waals surface area contributed by atoms with Gasteiger partial charge < -0.3 is 20.5 Å². The highest BCUT2D eigenvalue weighted by Gasteiger charge is 2.34. The zero-order valence-electron chi connectivity index (χ0n) is 14.9. The number of aliphatic hydroxyl groups excluding tert-OH is 1. The average Bonchev–Trinajstić information content (AvgIpc) is 2.58. The number of hydrogen-bond acceptors (Lipinski definition) is 6. The molecule has 1 atom stereocenters. The number of hydrogen-bond donors (Lipinski definition) is 3. The molecule has 0 radical (unpaired) electrons. The molecule has 2 aromatic rings. The first kappa shape index (κ1) is 21.0. The summed E-state index contributed by atoms with van der Waals surface area (Å²) >= 11 is 5.95. The Balaban J connectivity index is 2.43. The molecule has 27 heavy (non-hydrogen) atoms. The average molecular weight is 405 g/mol. The third-order valence-corrected chi connectivity index (χ3v) is 3.99. The molecule has 0 spiro atoms. The van der Waals surface area contributed by atoms with Crippen molar-refractivity contribution in [1.29, 1.82) is 0 Å². The van der Waals surface area contributed by atoms with Gasteiger partial charge in [0.15, 0.2) is 5.69 Å². The summed E-state index contributed by atoms with van der Waals surface area (Å²) in [7, 11) is 1.43. The molecule has 0 bridgehead atoms. The fraction of sp³-hybridized carbons (Fsp3) is 0.412. The van der Waals surface area contributed by atoms with E-state index < -0.39 is 17.9 Å². The van der Waals surface area contributed by atoms with E-state index in [0.717, 1.165) is 6.07 Å². The number of aromatic nitrogens is 2. The highest BCUT2D eigenvalue weighted by Crippen LogP contribution is 2.33. The van der Waals surface area contributed by atoms with Gasteiger partial charge in [0.25, 0.3) is 0 Å². The van der Waals surface area contributed by atoms with E-state index in [1.54, 1.807) is 12.1 Å². The molecule has 2 rings (SSSR count). The maximum atomic E-state index is 13.2. The second-order valence-corrected chi connectivity index (χ2v) is 6.54. The number of nitrogens with zero attached hydrogens (tertiary/aromatic N) is 2. The molecular formula is C17H20ClF3N4O2. The molecular weight excluding hydrogens is 385 g/mol. The lowest BCUT2D eigenvalue weighted by atomic mass is 10.1. The lowest BCUT2D eigenvalue weighted by molar-refractivity contribution is -0.141. The molecule has 0 fully saturated rings. The highest BCUT2D eigenvalue weighted by molar-refractivity contribution is 6.31. The monoisotopic (exact) mass is 404 g/mol. The van der Waals surface area contributed by atoms with Crippen LogP contribution in [0.3, 0.4) is 0 Å². The number of nitrogens with one attached hydrogen (secondary N) is 2. The fourth-order valence-corrected chi connectivity index (χ4v) is 2.40. The topological polar surface area (TPSA) is 79.3 Å². The Morgan fingerprint density at radius 3 is 2.48 bits per heavy atom. The van der Waals surface area contributed by atoms with Crippen LogP contribution >= 0.6 is 11.6 Å². The van der Waals surface area contributed by atoms with Crippen LogP contribution in [0.15, 0.2) is 24.3 Å². The second-order valence-electron chi connectivity index (χ2n) is 6.11. The van der Waals surface area contributed by atoms with Gasteiger partial charge in [0.1, 0.15) is 11.6 Å². The number of methoxy groups -OCH3 is 1. The van der Waals surface area contributed by atoms with Crippen LogP contribution in [0.25, 0.3) is 0 Å². The summed E-state index contributed by atoms with van der Waals surface area (Å²) < 4.78 is 44.9. The van der Waals surface area contributed by atoms with Gasteiger partial charge in [0.2, 0.25) is 5.95 Å². The van der Waals surface area contributed by atoms with Crippen LogP contribution in [-0.2, 0) is 6.18 Å². The Morgan fingerprint density at radius 1 is 1.22 bits per heavy atom. The number of alkyl halides is 3. The molecule has 0 saturated carbocycles. The van der Waals surface area contributed by atoms with Crippen molar-refractivity contribution in [2.75, 3.05) is 24.4 Å². The molecule has 6 nitrogen and oxygen atoms in total. The number of rotatable bonds is 7. The van der Waals surface area contributed by atoms with Gasteiger partial charge >= 0.3 is 6.18 Å². The Labute approximate surface area is 159 Å². The predicted molar refractivity (Wildman–Crippen MR) is 97.7 cm³/mol. The standard InChI is InChI=1S/C17H20ClF3N4O2/c1-9(2)12(8-26)23-16-24-14(17(19,20)21)7-15(25-16)22-11-6-10(18)4-5-13(11)27-3/h4-7,9,12,26H,8H2,1-3H3,(H2,22,23,24,25)/t12-/m1/s1. The summed E-state index contributed by atoms with van der Waals surface area (Å²) in [4.78, 5) is 7.60. The highest BCUT2D eigenvalue weighted by atomic mass is 35.5. The van der Waals surface area contributed by atoms with E-state index in [2.05, 4.69) is 20.6 Å². The van der Waals surface area contributed by atoms with Crippen molar-refractivity contribution in [3.05, 3.63) is 35.0 Å². The predicted octanol–water partition coefficient (Wildman–Crippen LogP) is 4.33. The van der Waals surface area contributed by atoms with Crippen LogP contribution < -0.4 is 15.4 Å². The van der Waals surface area contributed by atoms with Gasteiger partial charge in [-0.05, 0) is 24.1 Å². The molecule has 0 unspecified atom stereocenters. The summed E-state index contributed by atoms with van der Waals surface area (Å²) in [6.45, 7) is 3.36. The molecule has 3 N–H and O–H groups in total. The Kier molecular flexibility index (Phi) is 6.72. The van der Waals surface area contributed by atoms with Crippen molar-refractivity contribution in [3.63, 3.8) is 0 Å². The summed E-state index contributed by atoms with van der Waals surface area (Å²) in [5.74, 6) is -0.00372. The zero-order chi connectivity index (χ0) is 20.2. The first-order valence-corrected chi connectivity index (χ1v) is 8.46. The quantitative estimate of drug-likeness (QED) is 0.637. The fourth-order valence-electron chi connectivity index (χ4n) is 2.23. The van der Waals surface area contributed by atoms with Crippen LogP contribution in [0.2, 0.25) is 5.02 Å². The van der Waals surface area contributed by atoms with Crippen LogP contribution in [0, 0.1) is 5.92 Å². The zero-order valence-corrected chi connectivity index (χ0v) is 15.7. The number of benzene rings is 1. The number of halogens is 4. The van der Waals surface area contributed by atoms with Crippen molar-refractivity contribution in [2.24, 2.45) is 5.92 Å². The lowest BCUT2D eigenvalue weighted by Gasteiger charge is -2.21. The van der Waals surface area contributed by atoms with Gasteiger partial charge in [-0.2, -0.15) is 18.2 Å². The minimum absolute atomic E-state index is 0.0439. The molecule has 0 aliphatic heterocycles. The normalized spacial score (nSPS) is 12.8. The van der Waals surface area contributed by atoms with Crippen LogP contribution in [0.4, 0.5) is 30.6 Å². The van der Waals surface area contributed by atoms with E-state index in [-0.39, 0.29) is 24.3 Å². The van der Waals surface area contributed by atoms with Gasteiger partial charge in [0.05, 0.1) is 25.4 Å². The Bertz CT molecular complexity index is 787. The van der Waals surface area contributed by atoms with E-state index in [9.17, 15) is 18.3 Å². The third kappa shape index (κ3) is 5.61. The number of ether oxygens (including phenoxy) is 1. The molecule has 0 aliphatic rings. The maximum absolute atomic E-state index is 13.2. The summed E-state index contributed by atoms with van der Waals surface area (Å²) in [6.07, 6.45) is -4.67. The molecule has 0 aliphatic carbocycles. The summed E-state index contributed by atoms with van der Waals surface area (Å²) in [5, 5.41) is 15.3. The van der Waals surface area contributed by atoms with Gasteiger partial charge in [-0.25, -0.2) is 4.98 Å². The van der Waals surface area contributed by atoms with Crippen molar-refractivity contribution in [2.45, 2.75) is 26.1 Å².